The average Bonchev–Trinajstić information content (AvgIpc) is 2.37. The highest BCUT2D eigenvalue weighted by molar-refractivity contribution is 5.59. The van der Waals surface area contributed by atoms with Gasteiger partial charge in [0.2, 0.25) is 0 Å². The zero-order valence-electron chi connectivity index (χ0n) is 4.85. The third-order valence-corrected chi connectivity index (χ3v) is 0.849. The molecule has 9 heavy (non-hydrogen) atoms. The second kappa shape index (κ2) is 2.25. The van der Waals surface area contributed by atoms with Crippen LogP contribution in [0.2, 0.25) is 0 Å². The van der Waals surface area contributed by atoms with E-state index < -0.39 is 0 Å². The van der Waals surface area contributed by atoms with Crippen LogP contribution in [0.4, 0.5) is 0 Å². The Labute approximate surface area is 51.8 Å². The molecule has 1 heterocycles. The molecule has 0 aromatic carbocycles. The minimum atomic E-state index is 1.15. The van der Waals surface area contributed by atoms with Gasteiger partial charge in [-0.15, -0.1) is 5.10 Å². The lowest BCUT2D eigenvalue weighted by molar-refractivity contribution is 0.528. The number of nitrogens with zero attached hydrogens (tertiary/aromatic N) is 4. The van der Waals surface area contributed by atoms with Gasteiger partial charge >= 0.3 is 6.41 Å². The van der Waals surface area contributed by atoms with Gasteiger partial charge in [0, 0.05) is 7.05 Å². The summed E-state index contributed by atoms with van der Waals surface area (Å²) in [4.78, 5) is 11.2. The van der Waals surface area contributed by atoms with Gasteiger partial charge in [-0.1, -0.05) is 0 Å². The lowest BCUT2D eigenvalue weighted by Gasteiger charge is -2.05. The van der Waals surface area contributed by atoms with Crippen molar-refractivity contribution in [1.29, 1.82) is 0 Å². The Morgan fingerprint density at radius 3 is 3.00 bits per heavy atom. The smallest absolute Gasteiger partial charge is 0.261 e. The molecule has 1 amide bonds. The van der Waals surface area contributed by atoms with Crippen molar-refractivity contribution in [3.8, 4) is 0 Å². The number of aromatic nitrogens is 3. The van der Waals surface area contributed by atoms with Crippen LogP contribution in [-0.4, -0.2) is 28.6 Å². The lowest BCUT2D eigenvalue weighted by Crippen LogP contribution is -2.28. The van der Waals surface area contributed by atoms with Crippen LogP contribution >= 0.6 is 0 Å². The SMILES string of the molecule is CN([C]=O)n1ccnn1. The predicted octanol–water partition coefficient (Wildman–Crippen LogP) is -1.09. The molecule has 0 aliphatic heterocycles. The van der Waals surface area contributed by atoms with E-state index in [1.54, 1.807) is 12.6 Å². The first-order valence-corrected chi connectivity index (χ1v) is 2.32. The zero-order chi connectivity index (χ0) is 6.69. The normalized spacial score (nSPS) is 9.00. The van der Waals surface area contributed by atoms with Crippen molar-refractivity contribution in [1.82, 2.24) is 15.1 Å². The van der Waals surface area contributed by atoms with Crippen LogP contribution in [0.1, 0.15) is 0 Å². The van der Waals surface area contributed by atoms with E-state index in [1.165, 1.54) is 18.0 Å². The molecule has 0 bridgehead atoms. The van der Waals surface area contributed by atoms with Gasteiger partial charge in [0.15, 0.2) is 0 Å². The molecule has 5 nitrogen and oxygen atoms in total. The number of hydrogen-bond donors (Lipinski definition) is 0. The summed E-state index contributed by atoms with van der Waals surface area (Å²) < 4.78 is 0. The molecule has 47 valence electrons. The highest BCUT2D eigenvalue weighted by Gasteiger charge is 1.94. The number of rotatable bonds is 2. The van der Waals surface area contributed by atoms with Gasteiger partial charge in [0.1, 0.15) is 0 Å². The molecule has 0 fully saturated rings. The van der Waals surface area contributed by atoms with Gasteiger partial charge < -0.3 is 0 Å². The summed E-state index contributed by atoms with van der Waals surface area (Å²) in [5.41, 5.74) is 0. The lowest BCUT2D eigenvalue weighted by atomic mass is 10.9. The molecule has 1 radical (unpaired) electrons. The van der Waals surface area contributed by atoms with Crippen molar-refractivity contribution in [2.45, 2.75) is 0 Å². The molecule has 1 rings (SSSR count). The highest BCUT2D eigenvalue weighted by atomic mass is 16.1. The maximum atomic E-state index is 9.92. The van der Waals surface area contributed by atoms with Gasteiger partial charge in [-0.3, -0.25) is 4.79 Å². The van der Waals surface area contributed by atoms with Crippen molar-refractivity contribution in [3.05, 3.63) is 12.4 Å². The summed E-state index contributed by atoms with van der Waals surface area (Å²) in [5.74, 6) is 0. The second-order valence-corrected chi connectivity index (χ2v) is 1.44. The van der Waals surface area contributed by atoms with Crippen LogP contribution < -0.4 is 5.01 Å². The van der Waals surface area contributed by atoms with Crippen molar-refractivity contribution in [2.24, 2.45) is 0 Å². The third kappa shape index (κ3) is 1.04. The largest absolute Gasteiger partial charge is 0.333 e. The summed E-state index contributed by atoms with van der Waals surface area (Å²) in [6, 6.07) is 0. The maximum absolute atomic E-state index is 9.92. The molecule has 0 N–H and O–H groups in total. The molecule has 1 aromatic rings. The van der Waals surface area contributed by atoms with Crippen LogP contribution in [0, 0.1) is 0 Å². The van der Waals surface area contributed by atoms with Crippen LogP contribution in [-0.2, 0) is 4.79 Å². The van der Waals surface area contributed by atoms with Crippen molar-refractivity contribution >= 4 is 6.41 Å². The molecule has 0 unspecified atom stereocenters. The minimum absolute atomic E-state index is 1.15. The van der Waals surface area contributed by atoms with E-state index in [4.69, 9.17) is 0 Å². The number of carbonyl (C=O) groups excluding carboxylic acids is 1. The first-order chi connectivity index (χ1) is 4.34. The minimum Gasteiger partial charge on any atom is -0.261 e. The Morgan fingerprint density at radius 2 is 2.56 bits per heavy atom. The van der Waals surface area contributed by atoms with E-state index in [2.05, 4.69) is 10.3 Å². The summed E-state index contributed by atoms with van der Waals surface area (Å²) in [5, 5.41) is 8.15. The summed E-state index contributed by atoms with van der Waals surface area (Å²) in [7, 11) is 1.53. The quantitative estimate of drug-likeness (QED) is 0.472. The molecular weight excluding hydrogens is 120 g/mol. The summed E-state index contributed by atoms with van der Waals surface area (Å²) >= 11 is 0. The van der Waals surface area contributed by atoms with Crippen LogP contribution in [0.3, 0.4) is 0 Å². The van der Waals surface area contributed by atoms with Crippen LogP contribution in [0.5, 0.6) is 0 Å². The van der Waals surface area contributed by atoms with Gasteiger partial charge in [-0.25, -0.2) is 5.01 Å². The molecule has 0 atom stereocenters. The molecule has 0 saturated carbocycles. The highest BCUT2D eigenvalue weighted by Crippen LogP contribution is 1.76. The predicted molar refractivity (Wildman–Crippen MR) is 29.9 cm³/mol. The Bertz CT molecular complexity index is 182. The molecule has 0 aliphatic rings. The average molecular weight is 125 g/mol. The fraction of sp³-hybridized carbons (Fsp3) is 0.250. The van der Waals surface area contributed by atoms with Crippen molar-refractivity contribution < 1.29 is 4.79 Å². The van der Waals surface area contributed by atoms with E-state index in [1.807, 2.05) is 0 Å². The van der Waals surface area contributed by atoms with Crippen molar-refractivity contribution in [3.63, 3.8) is 0 Å². The van der Waals surface area contributed by atoms with E-state index >= 15 is 0 Å². The van der Waals surface area contributed by atoms with E-state index in [-0.39, 0.29) is 0 Å². The zero-order valence-corrected chi connectivity index (χ0v) is 4.85. The molecular formula is C4H5N4O. The first-order valence-electron chi connectivity index (χ1n) is 2.32. The van der Waals surface area contributed by atoms with Gasteiger partial charge in [0.05, 0.1) is 12.4 Å². The molecule has 5 heteroatoms. The maximum Gasteiger partial charge on any atom is 0.333 e. The first kappa shape index (κ1) is 5.74. The topological polar surface area (TPSA) is 51.0 Å². The Kier molecular flexibility index (Phi) is 1.44. The van der Waals surface area contributed by atoms with Crippen LogP contribution in [0.15, 0.2) is 12.4 Å². The Hall–Kier alpha value is -1.39. The van der Waals surface area contributed by atoms with E-state index in [0.717, 1.165) is 5.01 Å². The molecule has 0 spiro atoms. The van der Waals surface area contributed by atoms with Crippen molar-refractivity contribution in [2.75, 3.05) is 12.1 Å². The monoisotopic (exact) mass is 125 g/mol. The summed E-state index contributed by atoms with van der Waals surface area (Å²) in [6.07, 6.45) is 4.64. The third-order valence-electron chi connectivity index (χ3n) is 0.849. The molecule has 0 aliphatic carbocycles. The number of amides is 1. The fourth-order valence-corrected chi connectivity index (χ4v) is 0.404. The van der Waals surface area contributed by atoms with Crippen LogP contribution in [0.25, 0.3) is 0 Å². The Morgan fingerprint density at radius 1 is 1.78 bits per heavy atom. The molecule has 0 saturated heterocycles. The summed E-state index contributed by atoms with van der Waals surface area (Å²) in [6.45, 7) is 0. The van der Waals surface area contributed by atoms with Gasteiger partial charge in [0.25, 0.3) is 0 Å². The van der Waals surface area contributed by atoms with E-state index in [9.17, 15) is 4.79 Å². The van der Waals surface area contributed by atoms with E-state index in [0.29, 0.717) is 0 Å². The standard InChI is InChI=1S/C4H5N4O/c1-7(4-9)8-3-2-5-6-8/h2-3H,1H3. The number of hydrogen-bond acceptors (Lipinski definition) is 3. The fourth-order valence-electron chi connectivity index (χ4n) is 0.404. The molecule has 1 aromatic heterocycles. The Balaban J connectivity index is 2.76. The van der Waals surface area contributed by atoms with Gasteiger partial charge in [-0.05, 0) is 5.21 Å². The second-order valence-electron chi connectivity index (χ2n) is 1.44. The van der Waals surface area contributed by atoms with Gasteiger partial charge in [-0.2, -0.15) is 4.79 Å².